The molecule has 0 atom stereocenters. The van der Waals surface area contributed by atoms with E-state index in [1.807, 2.05) is 13.8 Å². The normalized spacial score (nSPS) is 11.0. The summed E-state index contributed by atoms with van der Waals surface area (Å²) in [5, 5.41) is 20.0. The van der Waals surface area contributed by atoms with Gasteiger partial charge in [0.1, 0.15) is 11.5 Å². The molecule has 0 aliphatic carbocycles. The van der Waals surface area contributed by atoms with Gasteiger partial charge in [0, 0.05) is 17.2 Å². The highest BCUT2D eigenvalue weighted by Crippen LogP contribution is 2.38. The molecule has 2 N–H and O–H groups in total. The molecule has 0 saturated heterocycles. The standard InChI is InChI=1S/C21H24O6/c1-12(2)15-8-13(17(23)11-18(15)24)6-7-16(22)14-9-19(25-3)21(27-5)20(10-14)26-4/h6-12,23-24H,1-5H3/b7-6+. The number of carbonyl (C=O) groups is 1. The Hall–Kier alpha value is -3.15. The number of methoxy groups -OCH3 is 3. The maximum Gasteiger partial charge on any atom is 0.203 e. The zero-order valence-electron chi connectivity index (χ0n) is 16.1. The van der Waals surface area contributed by atoms with Crippen LogP contribution < -0.4 is 14.2 Å². The summed E-state index contributed by atoms with van der Waals surface area (Å²) < 4.78 is 15.8. The summed E-state index contributed by atoms with van der Waals surface area (Å²) in [6, 6.07) is 6.06. The molecule has 0 unspecified atom stereocenters. The quantitative estimate of drug-likeness (QED) is 0.561. The number of benzene rings is 2. The average molecular weight is 372 g/mol. The van der Waals surface area contributed by atoms with Crippen LogP contribution in [0, 0.1) is 0 Å². The number of phenols is 2. The highest BCUT2D eigenvalue weighted by atomic mass is 16.5. The van der Waals surface area contributed by atoms with Crippen molar-refractivity contribution in [2.75, 3.05) is 21.3 Å². The van der Waals surface area contributed by atoms with Crippen LogP contribution in [0.25, 0.3) is 6.08 Å². The first-order valence-corrected chi connectivity index (χ1v) is 8.40. The first-order chi connectivity index (χ1) is 12.8. The molecule has 2 aromatic rings. The van der Waals surface area contributed by atoms with Crippen molar-refractivity contribution in [2.45, 2.75) is 19.8 Å². The number of phenolic OH excluding ortho intramolecular Hbond substituents is 2. The number of ketones is 1. The summed E-state index contributed by atoms with van der Waals surface area (Å²) in [6.07, 6.45) is 2.85. The number of aromatic hydroxyl groups is 2. The van der Waals surface area contributed by atoms with Crippen molar-refractivity contribution in [3.63, 3.8) is 0 Å². The second kappa shape index (κ2) is 8.49. The van der Waals surface area contributed by atoms with Gasteiger partial charge in [-0.25, -0.2) is 0 Å². The van der Waals surface area contributed by atoms with E-state index >= 15 is 0 Å². The zero-order chi connectivity index (χ0) is 20.1. The summed E-state index contributed by atoms with van der Waals surface area (Å²) in [7, 11) is 4.44. The molecule has 0 aliphatic rings. The van der Waals surface area contributed by atoms with E-state index in [9.17, 15) is 15.0 Å². The van der Waals surface area contributed by atoms with Gasteiger partial charge in [-0.3, -0.25) is 4.79 Å². The number of hydrogen-bond donors (Lipinski definition) is 2. The maximum absolute atomic E-state index is 12.6. The van der Waals surface area contributed by atoms with E-state index in [2.05, 4.69) is 0 Å². The van der Waals surface area contributed by atoms with Crippen molar-refractivity contribution in [3.8, 4) is 28.7 Å². The Balaban J connectivity index is 2.39. The molecule has 0 amide bonds. The SMILES string of the molecule is COc1cc(C(=O)/C=C/c2cc(C(C)C)c(O)cc2O)cc(OC)c1OC. The Bertz CT molecular complexity index is 842. The van der Waals surface area contributed by atoms with Gasteiger partial charge in [0.05, 0.1) is 21.3 Å². The van der Waals surface area contributed by atoms with Crippen molar-refractivity contribution in [3.05, 3.63) is 47.0 Å². The summed E-state index contributed by atoms with van der Waals surface area (Å²) >= 11 is 0. The van der Waals surface area contributed by atoms with Crippen molar-refractivity contribution >= 4 is 11.9 Å². The van der Waals surface area contributed by atoms with Gasteiger partial charge in [-0.2, -0.15) is 0 Å². The van der Waals surface area contributed by atoms with Crippen LogP contribution in [0.2, 0.25) is 0 Å². The Morgan fingerprint density at radius 3 is 2.00 bits per heavy atom. The molecule has 0 heterocycles. The largest absolute Gasteiger partial charge is 0.508 e. The Morgan fingerprint density at radius 2 is 1.52 bits per heavy atom. The predicted molar refractivity (Wildman–Crippen MR) is 103 cm³/mol. The fourth-order valence-electron chi connectivity index (χ4n) is 2.69. The average Bonchev–Trinajstić information content (AvgIpc) is 2.65. The van der Waals surface area contributed by atoms with E-state index in [1.54, 1.807) is 18.2 Å². The van der Waals surface area contributed by atoms with Crippen LogP contribution in [-0.4, -0.2) is 37.3 Å². The van der Waals surface area contributed by atoms with Gasteiger partial charge >= 0.3 is 0 Å². The number of rotatable bonds is 7. The minimum atomic E-state index is -0.298. The molecule has 0 saturated carbocycles. The van der Waals surface area contributed by atoms with E-state index in [0.717, 1.165) is 0 Å². The molecule has 2 rings (SSSR count). The van der Waals surface area contributed by atoms with Gasteiger partial charge in [-0.1, -0.05) is 13.8 Å². The van der Waals surface area contributed by atoms with Crippen LogP contribution in [0.1, 0.15) is 41.3 Å². The van der Waals surface area contributed by atoms with Gasteiger partial charge in [0.2, 0.25) is 5.75 Å². The van der Waals surface area contributed by atoms with Gasteiger partial charge in [-0.05, 0) is 41.8 Å². The van der Waals surface area contributed by atoms with Crippen molar-refractivity contribution < 1.29 is 29.2 Å². The monoisotopic (exact) mass is 372 g/mol. The van der Waals surface area contributed by atoms with Crippen molar-refractivity contribution in [1.82, 2.24) is 0 Å². The summed E-state index contributed by atoms with van der Waals surface area (Å²) in [5.74, 6) is 0.850. The van der Waals surface area contributed by atoms with Crippen LogP contribution in [-0.2, 0) is 0 Å². The Morgan fingerprint density at radius 1 is 0.926 bits per heavy atom. The molecule has 0 aromatic heterocycles. The molecule has 2 aromatic carbocycles. The molecule has 0 radical (unpaired) electrons. The van der Waals surface area contributed by atoms with Crippen molar-refractivity contribution in [2.24, 2.45) is 0 Å². The van der Waals surface area contributed by atoms with E-state index in [4.69, 9.17) is 14.2 Å². The van der Waals surface area contributed by atoms with E-state index < -0.39 is 0 Å². The fourth-order valence-corrected chi connectivity index (χ4v) is 2.69. The summed E-state index contributed by atoms with van der Waals surface area (Å²) in [4.78, 5) is 12.6. The molecule has 6 heteroatoms. The van der Waals surface area contributed by atoms with Crippen LogP contribution in [0.5, 0.6) is 28.7 Å². The number of carbonyl (C=O) groups excluding carboxylic acids is 1. The van der Waals surface area contributed by atoms with Gasteiger partial charge in [0.15, 0.2) is 17.3 Å². The first kappa shape index (κ1) is 20.2. The number of hydrogen-bond acceptors (Lipinski definition) is 6. The Labute approximate surface area is 158 Å². The van der Waals surface area contributed by atoms with E-state index in [-0.39, 0.29) is 23.2 Å². The molecule has 0 fully saturated rings. The minimum Gasteiger partial charge on any atom is -0.508 e. The molecule has 144 valence electrons. The number of allylic oxidation sites excluding steroid dienone is 1. The predicted octanol–water partition coefficient (Wildman–Crippen LogP) is 4.14. The Kier molecular flexibility index (Phi) is 6.34. The van der Waals surface area contributed by atoms with E-state index in [0.29, 0.717) is 33.9 Å². The lowest BCUT2D eigenvalue weighted by Crippen LogP contribution is -2.00. The summed E-state index contributed by atoms with van der Waals surface area (Å²) in [5.41, 5.74) is 1.48. The molecule has 0 spiro atoms. The molecule has 27 heavy (non-hydrogen) atoms. The highest BCUT2D eigenvalue weighted by Gasteiger charge is 2.16. The van der Waals surface area contributed by atoms with E-state index in [1.165, 1.54) is 39.5 Å². The smallest absolute Gasteiger partial charge is 0.203 e. The zero-order valence-corrected chi connectivity index (χ0v) is 16.1. The minimum absolute atomic E-state index is 0.0237. The maximum atomic E-state index is 12.6. The topological polar surface area (TPSA) is 85.2 Å². The lowest BCUT2D eigenvalue weighted by atomic mass is 9.98. The second-order valence-corrected chi connectivity index (χ2v) is 6.24. The van der Waals surface area contributed by atoms with Gasteiger partial charge < -0.3 is 24.4 Å². The molecular formula is C21H24O6. The van der Waals surface area contributed by atoms with Crippen LogP contribution in [0.4, 0.5) is 0 Å². The lowest BCUT2D eigenvalue weighted by Gasteiger charge is -2.13. The van der Waals surface area contributed by atoms with Gasteiger partial charge in [-0.15, -0.1) is 0 Å². The highest BCUT2D eigenvalue weighted by molar-refractivity contribution is 6.07. The molecular weight excluding hydrogens is 348 g/mol. The second-order valence-electron chi connectivity index (χ2n) is 6.24. The molecule has 0 aliphatic heterocycles. The third-order valence-corrected chi connectivity index (χ3v) is 4.16. The molecule has 6 nitrogen and oxygen atoms in total. The lowest BCUT2D eigenvalue weighted by molar-refractivity contribution is 0.104. The van der Waals surface area contributed by atoms with Crippen molar-refractivity contribution in [1.29, 1.82) is 0 Å². The van der Waals surface area contributed by atoms with Gasteiger partial charge in [0.25, 0.3) is 0 Å². The van der Waals surface area contributed by atoms with Crippen LogP contribution in [0.3, 0.4) is 0 Å². The third kappa shape index (κ3) is 4.34. The van der Waals surface area contributed by atoms with Crippen LogP contribution in [0.15, 0.2) is 30.3 Å². The molecule has 0 bridgehead atoms. The summed E-state index contributed by atoms with van der Waals surface area (Å²) in [6.45, 7) is 3.86. The third-order valence-electron chi connectivity index (χ3n) is 4.16. The van der Waals surface area contributed by atoms with Crippen LogP contribution >= 0.6 is 0 Å². The fraction of sp³-hybridized carbons (Fsp3) is 0.286. The number of ether oxygens (including phenoxy) is 3. The first-order valence-electron chi connectivity index (χ1n) is 8.40.